The van der Waals surface area contributed by atoms with Crippen molar-refractivity contribution in [2.45, 2.75) is 31.2 Å². The van der Waals surface area contributed by atoms with Gasteiger partial charge in [-0.25, -0.2) is 0 Å². The summed E-state index contributed by atoms with van der Waals surface area (Å²) in [5, 5.41) is 3.15. The van der Waals surface area contributed by atoms with Gasteiger partial charge in [-0.15, -0.1) is 11.8 Å². The first-order valence-corrected chi connectivity index (χ1v) is 8.91. The molecule has 0 saturated heterocycles. The molecule has 0 fully saturated rings. The number of rotatable bonds is 6. The van der Waals surface area contributed by atoms with Crippen LogP contribution in [0.25, 0.3) is 0 Å². The maximum Gasteiger partial charge on any atom is 0.252 e. The lowest BCUT2D eigenvalue weighted by molar-refractivity contribution is 0.0932. The third-order valence-electron chi connectivity index (χ3n) is 3.89. The van der Waals surface area contributed by atoms with Crippen LogP contribution < -0.4 is 10.1 Å². The minimum absolute atomic E-state index is 0.0120. The lowest BCUT2D eigenvalue weighted by Crippen LogP contribution is -2.28. The van der Waals surface area contributed by atoms with Crippen molar-refractivity contribution < 1.29 is 9.53 Å². The third kappa shape index (κ3) is 4.08. The zero-order chi connectivity index (χ0) is 16.8. The van der Waals surface area contributed by atoms with Crippen LogP contribution in [0.3, 0.4) is 0 Å². The topological polar surface area (TPSA) is 38.3 Å². The van der Waals surface area contributed by atoms with E-state index in [1.54, 1.807) is 18.9 Å². The first-order chi connectivity index (χ1) is 11.1. The van der Waals surface area contributed by atoms with E-state index in [0.29, 0.717) is 0 Å². The summed E-state index contributed by atoms with van der Waals surface area (Å²) in [6.45, 7) is 4.09. The normalized spacial score (nSPS) is 11.8. The summed E-state index contributed by atoms with van der Waals surface area (Å²) in [5.41, 5.74) is 2.90. The van der Waals surface area contributed by atoms with E-state index in [1.165, 1.54) is 0 Å². The van der Waals surface area contributed by atoms with Crippen molar-refractivity contribution in [3.63, 3.8) is 0 Å². The van der Waals surface area contributed by atoms with Crippen molar-refractivity contribution in [2.75, 3.05) is 13.4 Å². The fourth-order valence-electron chi connectivity index (χ4n) is 2.61. The monoisotopic (exact) mass is 329 g/mol. The SMILES string of the molecule is CC[C@H](NC(=O)c1ccccc1SC)c1ccc(OC)c(C)c1. The second-order valence-electron chi connectivity index (χ2n) is 5.36. The Hall–Kier alpha value is -1.94. The van der Waals surface area contributed by atoms with Crippen LogP contribution in [0.1, 0.15) is 40.9 Å². The molecule has 2 rings (SSSR count). The van der Waals surface area contributed by atoms with Gasteiger partial charge in [0.25, 0.3) is 5.91 Å². The Morgan fingerprint density at radius 2 is 2.00 bits per heavy atom. The number of ether oxygens (including phenoxy) is 1. The van der Waals surface area contributed by atoms with Crippen LogP contribution in [0.15, 0.2) is 47.4 Å². The smallest absolute Gasteiger partial charge is 0.252 e. The second kappa shape index (κ2) is 8.06. The van der Waals surface area contributed by atoms with Gasteiger partial charge in [0.05, 0.1) is 18.7 Å². The van der Waals surface area contributed by atoms with Gasteiger partial charge >= 0.3 is 0 Å². The van der Waals surface area contributed by atoms with E-state index in [-0.39, 0.29) is 11.9 Å². The lowest BCUT2D eigenvalue weighted by atomic mass is 10.0. The predicted octanol–water partition coefficient (Wildman–Crippen LogP) is 4.61. The fourth-order valence-corrected chi connectivity index (χ4v) is 3.20. The Labute approximate surface area is 142 Å². The molecule has 1 atom stereocenters. The van der Waals surface area contributed by atoms with E-state index in [2.05, 4.69) is 18.3 Å². The zero-order valence-corrected chi connectivity index (χ0v) is 14.9. The Morgan fingerprint density at radius 3 is 2.61 bits per heavy atom. The number of nitrogens with one attached hydrogen (secondary N) is 1. The Bertz CT molecular complexity index is 685. The number of hydrogen-bond acceptors (Lipinski definition) is 3. The summed E-state index contributed by atoms with van der Waals surface area (Å²) >= 11 is 1.58. The number of methoxy groups -OCH3 is 1. The van der Waals surface area contributed by atoms with Crippen LogP contribution in [-0.2, 0) is 0 Å². The van der Waals surface area contributed by atoms with E-state index >= 15 is 0 Å². The highest BCUT2D eigenvalue weighted by Crippen LogP contribution is 2.25. The lowest BCUT2D eigenvalue weighted by Gasteiger charge is -2.19. The zero-order valence-electron chi connectivity index (χ0n) is 14.1. The molecular formula is C19H23NO2S. The number of benzene rings is 2. The van der Waals surface area contributed by atoms with Gasteiger partial charge in [-0.05, 0) is 48.9 Å². The molecule has 0 aliphatic heterocycles. The van der Waals surface area contributed by atoms with Crippen molar-refractivity contribution in [1.29, 1.82) is 0 Å². The molecule has 0 unspecified atom stereocenters. The molecule has 0 aliphatic carbocycles. The number of hydrogen-bond donors (Lipinski definition) is 1. The van der Waals surface area contributed by atoms with Gasteiger partial charge in [0.15, 0.2) is 0 Å². The molecule has 0 aromatic heterocycles. The summed E-state index contributed by atoms with van der Waals surface area (Å²) < 4.78 is 5.30. The second-order valence-corrected chi connectivity index (χ2v) is 6.21. The first-order valence-electron chi connectivity index (χ1n) is 7.69. The van der Waals surface area contributed by atoms with Crippen molar-refractivity contribution >= 4 is 17.7 Å². The van der Waals surface area contributed by atoms with Crippen LogP contribution in [0.2, 0.25) is 0 Å². The molecule has 0 radical (unpaired) electrons. The molecule has 122 valence electrons. The van der Waals surface area contributed by atoms with Gasteiger partial charge < -0.3 is 10.1 Å². The molecule has 0 heterocycles. The Morgan fingerprint density at radius 1 is 1.26 bits per heavy atom. The van der Waals surface area contributed by atoms with Gasteiger partial charge in [0.1, 0.15) is 5.75 Å². The summed E-state index contributed by atoms with van der Waals surface area (Å²) in [6.07, 6.45) is 2.81. The Balaban J connectivity index is 2.22. The molecule has 0 bridgehead atoms. The molecule has 0 saturated carbocycles. The van der Waals surface area contributed by atoms with Gasteiger partial charge in [0, 0.05) is 4.90 Å². The molecule has 1 N–H and O–H groups in total. The van der Waals surface area contributed by atoms with Crippen LogP contribution in [0.4, 0.5) is 0 Å². The molecule has 23 heavy (non-hydrogen) atoms. The first kappa shape index (κ1) is 17.4. The van der Waals surface area contributed by atoms with E-state index in [1.807, 2.05) is 49.6 Å². The summed E-state index contributed by atoms with van der Waals surface area (Å²) in [4.78, 5) is 13.6. The van der Waals surface area contributed by atoms with E-state index in [9.17, 15) is 4.79 Å². The summed E-state index contributed by atoms with van der Waals surface area (Å²) in [5.74, 6) is 0.831. The summed E-state index contributed by atoms with van der Waals surface area (Å²) in [7, 11) is 1.67. The molecule has 1 amide bonds. The number of amides is 1. The van der Waals surface area contributed by atoms with Crippen LogP contribution in [-0.4, -0.2) is 19.3 Å². The van der Waals surface area contributed by atoms with E-state index in [0.717, 1.165) is 33.8 Å². The van der Waals surface area contributed by atoms with E-state index < -0.39 is 0 Å². The maximum atomic E-state index is 12.6. The molecule has 2 aromatic carbocycles. The number of thioether (sulfide) groups is 1. The van der Waals surface area contributed by atoms with Gasteiger partial charge in [0.2, 0.25) is 0 Å². The molecule has 3 nitrogen and oxygen atoms in total. The van der Waals surface area contributed by atoms with E-state index in [4.69, 9.17) is 4.74 Å². The van der Waals surface area contributed by atoms with Crippen LogP contribution in [0.5, 0.6) is 5.75 Å². The van der Waals surface area contributed by atoms with Crippen molar-refractivity contribution in [3.8, 4) is 5.75 Å². The third-order valence-corrected chi connectivity index (χ3v) is 4.68. The summed E-state index contributed by atoms with van der Waals surface area (Å²) in [6, 6.07) is 13.7. The number of aryl methyl sites for hydroxylation is 1. The fraction of sp³-hybridized carbons (Fsp3) is 0.316. The van der Waals surface area contributed by atoms with Crippen molar-refractivity contribution in [2.24, 2.45) is 0 Å². The molecule has 4 heteroatoms. The highest BCUT2D eigenvalue weighted by Gasteiger charge is 2.17. The molecular weight excluding hydrogens is 306 g/mol. The highest BCUT2D eigenvalue weighted by atomic mass is 32.2. The van der Waals surface area contributed by atoms with Gasteiger partial charge in [-0.2, -0.15) is 0 Å². The average Bonchev–Trinajstić information content (AvgIpc) is 2.59. The minimum Gasteiger partial charge on any atom is -0.496 e. The highest BCUT2D eigenvalue weighted by molar-refractivity contribution is 7.98. The standard InChI is InChI=1S/C19H23NO2S/c1-5-16(14-10-11-17(22-3)13(2)12-14)20-19(21)15-8-6-7-9-18(15)23-4/h6-12,16H,5H2,1-4H3,(H,20,21)/t16-/m0/s1. The largest absolute Gasteiger partial charge is 0.496 e. The quantitative estimate of drug-likeness (QED) is 0.787. The van der Waals surface area contributed by atoms with Gasteiger partial charge in [-0.1, -0.05) is 31.2 Å². The Kier molecular flexibility index (Phi) is 6.11. The minimum atomic E-state index is -0.0322. The van der Waals surface area contributed by atoms with Crippen molar-refractivity contribution in [1.82, 2.24) is 5.32 Å². The van der Waals surface area contributed by atoms with Crippen LogP contribution >= 0.6 is 11.8 Å². The molecule has 0 spiro atoms. The predicted molar refractivity (Wildman–Crippen MR) is 96.5 cm³/mol. The molecule has 2 aromatic rings. The maximum absolute atomic E-state index is 12.6. The van der Waals surface area contributed by atoms with Gasteiger partial charge in [-0.3, -0.25) is 4.79 Å². The average molecular weight is 329 g/mol. The van der Waals surface area contributed by atoms with Crippen LogP contribution in [0, 0.1) is 6.92 Å². The molecule has 0 aliphatic rings. The number of carbonyl (C=O) groups is 1. The number of carbonyl (C=O) groups excluding carboxylic acids is 1. The van der Waals surface area contributed by atoms with Crippen molar-refractivity contribution in [3.05, 3.63) is 59.2 Å².